The lowest BCUT2D eigenvalue weighted by molar-refractivity contribution is -0.653. The third-order valence-electron chi connectivity index (χ3n) is 2.66. The number of likely N-dealkylation sites (N-methyl/N-ethyl adjacent to an activating group) is 2. The van der Waals surface area contributed by atoms with Gasteiger partial charge in [0.1, 0.15) is 6.04 Å². The van der Waals surface area contributed by atoms with Gasteiger partial charge in [-0.25, -0.2) is 0 Å². The van der Waals surface area contributed by atoms with Crippen LogP contribution in [0, 0.1) is 0 Å². The molecule has 0 bridgehead atoms. The van der Waals surface area contributed by atoms with Crippen LogP contribution in [0.25, 0.3) is 0 Å². The molecular formula is C8H14F3N2O+. The topological polar surface area (TPSA) is 36.9 Å². The van der Waals surface area contributed by atoms with E-state index in [1.54, 1.807) is 12.4 Å². The summed E-state index contributed by atoms with van der Waals surface area (Å²) in [5.41, 5.74) is 0. The molecule has 2 atom stereocenters. The van der Waals surface area contributed by atoms with Gasteiger partial charge in [-0.05, 0) is 6.42 Å². The van der Waals surface area contributed by atoms with E-state index >= 15 is 0 Å². The molecule has 14 heavy (non-hydrogen) atoms. The van der Waals surface area contributed by atoms with Crippen molar-refractivity contribution in [3.05, 3.63) is 0 Å². The third kappa shape index (κ3) is 2.00. The SMILES string of the molecule is C[NH2+][C@H]1CC[C@@H](C(F)(F)F)N(C)C1=O. The van der Waals surface area contributed by atoms with Crippen molar-refractivity contribution in [3.63, 3.8) is 0 Å². The van der Waals surface area contributed by atoms with Crippen molar-refractivity contribution in [2.75, 3.05) is 14.1 Å². The van der Waals surface area contributed by atoms with Gasteiger partial charge in [-0.15, -0.1) is 0 Å². The van der Waals surface area contributed by atoms with Crippen LogP contribution in [0.4, 0.5) is 13.2 Å². The van der Waals surface area contributed by atoms with Gasteiger partial charge in [-0.2, -0.15) is 13.2 Å². The molecule has 2 N–H and O–H groups in total. The summed E-state index contributed by atoms with van der Waals surface area (Å²) in [4.78, 5) is 12.2. The standard InChI is InChI=1S/C8H13F3N2O/c1-12-5-3-4-6(8(9,10)11)13(2)7(5)14/h5-6,12H,3-4H2,1-2H3/p+1/t5-,6-/m0/s1. The summed E-state index contributed by atoms with van der Waals surface area (Å²) in [5, 5.41) is 1.66. The highest BCUT2D eigenvalue weighted by atomic mass is 19.4. The summed E-state index contributed by atoms with van der Waals surface area (Å²) in [6.07, 6.45) is -4.01. The van der Waals surface area contributed by atoms with E-state index in [-0.39, 0.29) is 12.5 Å². The summed E-state index contributed by atoms with van der Waals surface area (Å²) >= 11 is 0. The van der Waals surface area contributed by atoms with Crippen molar-refractivity contribution in [2.45, 2.75) is 31.1 Å². The fourth-order valence-electron chi connectivity index (χ4n) is 1.76. The quantitative estimate of drug-likeness (QED) is 0.637. The van der Waals surface area contributed by atoms with Gasteiger partial charge in [0.05, 0.1) is 7.05 Å². The van der Waals surface area contributed by atoms with Gasteiger partial charge in [0.15, 0.2) is 6.04 Å². The minimum atomic E-state index is -4.30. The van der Waals surface area contributed by atoms with Crippen LogP contribution in [0.1, 0.15) is 12.8 Å². The summed E-state index contributed by atoms with van der Waals surface area (Å²) in [6.45, 7) is 0. The van der Waals surface area contributed by atoms with Crippen molar-refractivity contribution in [1.29, 1.82) is 0 Å². The first-order chi connectivity index (χ1) is 6.38. The zero-order chi connectivity index (χ0) is 10.9. The number of carbonyl (C=O) groups excluding carboxylic acids is 1. The highest BCUT2D eigenvalue weighted by molar-refractivity contribution is 5.81. The highest BCUT2D eigenvalue weighted by Crippen LogP contribution is 2.30. The maximum Gasteiger partial charge on any atom is 0.408 e. The van der Waals surface area contributed by atoms with Crippen molar-refractivity contribution in [3.8, 4) is 0 Å². The first-order valence-corrected chi connectivity index (χ1v) is 4.50. The van der Waals surface area contributed by atoms with E-state index in [1.165, 1.54) is 7.05 Å². The van der Waals surface area contributed by atoms with E-state index in [2.05, 4.69) is 0 Å². The predicted molar refractivity (Wildman–Crippen MR) is 43.5 cm³/mol. The van der Waals surface area contributed by atoms with Gasteiger partial charge >= 0.3 is 6.18 Å². The average molecular weight is 211 g/mol. The molecule has 1 aliphatic heterocycles. The number of hydrogen-bond donors (Lipinski definition) is 1. The van der Waals surface area contributed by atoms with Crippen molar-refractivity contribution in [2.24, 2.45) is 0 Å². The molecule has 0 saturated carbocycles. The lowest BCUT2D eigenvalue weighted by Gasteiger charge is -2.35. The number of nitrogens with zero attached hydrogens (tertiary/aromatic N) is 1. The fraction of sp³-hybridized carbons (Fsp3) is 0.875. The number of alkyl halides is 3. The smallest absolute Gasteiger partial charge is 0.338 e. The summed E-state index contributed by atoms with van der Waals surface area (Å²) in [6, 6.07) is -1.95. The van der Waals surface area contributed by atoms with Crippen molar-refractivity contribution >= 4 is 5.91 Å². The number of rotatable bonds is 1. The Morgan fingerprint density at radius 1 is 1.43 bits per heavy atom. The van der Waals surface area contributed by atoms with Crippen LogP contribution in [-0.4, -0.2) is 43.2 Å². The number of nitrogens with two attached hydrogens (primary N) is 1. The molecular weight excluding hydrogens is 197 g/mol. The molecule has 3 nitrogen and oxygen atoms in total. The molecule has 0 radical (unpaired) electrons. The lowest BCUT2D eigenvalue weighted by atomic mass is 9.98. The molecule has 0 aromatic carbocycles. The molecule has 1 amide bonds. The van der Waals surface area contributed by atoms with Crippen LogP contribution in [0.5, 0.6) is 0 Å². The summed E-state index contributed by atoms with van der Waals surface area (Å²) in [5.74, 6) is -0.430. The number of carbonyl (C=O) groups is 1. The number of piperidine rings is 1. The second-order valence-corrected chi connectivity index (χ2v) is 3.52. The van der Waals surface area contributed by atoms with Crippen molar-refractivity contribution < 1.29 is 23.3 Å². The number of halogens is 3. The monoisotopic (exact) mass is 211 g/mol. The minimum Gasteiger partial charge on any atom is -0.338 e. The van der Waals surface area contributed by atoms with E-state index in [0.29, 0.717) is 6.42 Å². The first-order valence-electron chi connectivity index (χ1n) is 4.50. The molecule has 6 heteroatoms. The molecule has 0 spiro atoms. The molecule has 1 heterocycles. The van der Waals surface area contributed by atoms with Gasteiger partial charge in [-0.3, -0.25) is 4.79 Å². The van der Waals surface area contributed by atoms with Crippen LogP contribution in [-0.2, 0) is 4.79 Å². The molecule has 0 aliphatic carbocycles. The van der Waals surface area contributed by atoms with Gasteiger partial charge in [0.2, 0.25) is 0 Å². The molecule has 0 unspecified atom stereocenters. The number of likely N-dealkylation sites (tertiary alicyclic amines) is 1. The molecule has 1 fully saturated rings. The Balaban J connectivity index is 2.74. The Hall–Kier alpha value is -0.780. The van der Waals surface area contributed by atoms with E-state index in [0.717, 1.165) is 4.90 Å². The zero-order valence-electron chi connectivity index (χ0n) is 8.14. The fourth-order valence-corrected chi connectivity index (χ4v) is 1.76. The van der Waals surface area contributed by atoms with Gasteiger partial charge in [0, 0.05) is 13.5 Å². The van der Waals surface area contributed by atoms with Crippen LogP contribution in [0.3, 0.4) is 0 Å². The van der Waals surface area contributed by atoms with Crippen LogP contribution in [0.2, 0.25) is 0 Å². The van der Waals surface area contributed by atoms with Gasteiger partial charge in [-0.1, -0.05) is 0 Å². The van der Waals surface area contributed by atoms with Gasteiger partial charge < -0.3 is 10.2 Å². The zero-order valence-corrected chi connectivity index (χ0v) is 8.14. The number of hydrogen-bond acceptors (Lipinski definition) is 1. The van der Waals surface area contributed by atoms with E-state index in [4.69, 9.17) is 0 Å². The van der Waals surface area contributed by atoms with E-state index in [1.807, 2.05) is 0 Å². The second kappa shape index (κ2) is 3.76. The first kappa shape index (κ1) is 11.3. The average Bonchev–Trinajstić information content (AvgIpc) is 2.07. The normalized spacial score (nSPS) is 29.5. The maximum absolute atomic E-state index is 12.4. The molecule has 1 aliphatic rings. The largest absolute Gasteiger partial charge is 0.408 e. The minimum absolute atomic E-state index is 0.000741. The Labute approximate surface area is 80.3 Å². The van der Waals surface area contributed by atoms with Crippen LogP contribution >= 0.6 is 0 Å². The second-order valence-electron chi connectivity index (χ2n) is 3.52. The molecule has 0 aromatic heterocycles. The maximum atomic E-state index is 12.4. The number of quaternary nitrogens is 1. The Kier molecular flexibility index (Phi) is 3.04. The molecule has 1 rings (SSSR count). The Bertz CT molecular complexity index is 229. The van der Waals surface area contributed by atoms with E-state index < -0.39 is 18.1 Å². The molecule has 0 aromatic rings. The summed E-state index contributed by atoms with van der Waals surface area (Å²) in [7, 11) is 2.92. The number of amides is 1. The van der Waals surface area contributed by atoms with Gasteiger partial charge in [0.25, 0.3) is 5.91 Å². The molecule has 1 saturated heterocycles. The highest BCUT2D eigenvalue weighted by Gasteiger charge is 2.48. The van der Waals surface area contributed by atoms with Crippen LogP contribution < -0.4 is 5.32 Å². The van der Waals surface area contributed by atoms with Crippen molar-refractivity contribution in [1.82, 2.24) is 4.90 Å². The molecule has 82 valence electrons. The summed E-state index contributed by atoms with van der Waals surface area (Å²) < 4.78 is 37.2. The Morgan fingerprint density at radius 2 is 2.00 bits per heavy atom. The van der Waals surface area contributed by atoms with E-state index in [9.17, 15) is 18.0 Å². The predicted octanol–water partition coefficient (Wildman–Crippen LogP) is -0.269. The lowest BCUT2D eigenvalue weighted by Crippen LogP contribution is -2.90. The Morgan fingerprint density at radius 3 is 2.43 bits per heavy atom. The third-order valence-corrected chi connectivity index (χ3v) is 2.66. The van der Waals surface area contributed by atoms with Crippen LogP contribution in [0.15, 0.2) is 0 Å².